The molecule has 0 saturated carbocycles. The maximum Gasteiger partial charge on any atom is -0.147 e. The first kappa shape index (κ1) is 40.0. The van der Waals surface area contributed by atoms with Crippen molar-refractivity contribution in [3.05, 3.63) is 145 Å². The van der Waals surface area contributed by atoms with E-state index in [0.29, 0.717) is 27.2 Å². The van der Waals surface area contributed by atoms with Gasteiger partial charge in [0.05, 0.1) is 0 Å². The molecule has 264 valence electrons. The summed E-state index contributed by atoms with van der Waals surface area (Å²) < 4.78 is 87.7. The molecule has 50 heavy (non-hydrogen) atoms. The first-order valence-corrected chi connectivity index (χ1v) is 19.8. The van der Waals surface area contributed by atoms with E-state index in [2.05, 4.69) is 71.9 Å². The molecule has 9 heteroatoms. The maximum atomic E-state index is 14.1. The van der Waals surface area contributed by atoms with E-state index in [1.807, 2.05) is 18.2 Å². The van der Waals surface area contributed by atoms with E-state index in [4.69, 9.17) is 0 Å². The van der Waals surface area contributed by atoms with Gasteiger partial charge < -0.3 is 0 Å². The maximum absolute atomic E-state index is 14.1. The van der Waals surface area contributed by atoms with Gasteiger partial charge >= 0.3 is 288 Å². The zero-order chi connectivity index (χ0) is 34.8. The van der Waals surface area contributed by atoms with Crippen LogP contribution in [-0.4, -0.2) is 3.21 Å². The predicted octanol–water partition coefficient (Wildman–Crippen LogP) is 12.1. The summed E-state index contributed by atoms with van der Waals surface area (Å²) in [6, 6.07) is 21.4. The summed E-state index contributed by atoms with van der Waals surface area (Å²) in [5.41, 5.74) is 5.60. The van der Waals surface area contributed by atoms with Gasteiger partial charge in [-0.15, -0.1) is 24.8 Å². The van der Waals surface area contributed by atoms with Crippen molar-refractivity contribution in [3.63, 3.8) is 0 Å². The Hall–Kier alpha value is -2.73. The number of allylic oxidation sites excluding steroid dienone is 4. The predicted molar refractivity (Wildman–Crippen MR) is 194 cm³/mol. The number of hydrogen-bond donors (Lipinski definition) is 0. The van der Waals surface area contributed by atoms with Crippen LogP contribution < -0.4 is 3.27 Å². The average Bonchev–Trinajstić information content (AvgIpc) is 3.66. The van der Waals surface area contributed by atoms with Crippen LogP contribution in [0.1, 0.15) is 92.5 Å². The Bertz CT molecular complexity index is 1960. The van der Waals surface area contributed by atoms with Crippen LogP contribution in [0, 0.1) is 0 Å². The number of alkyl halides is 6. The van der Waals surface area contributed by atoms with Crippen LogP contribution in [-0.2, 0) is 50.9 Å². The molecule has 0 atom stereocenters. The zero-order valence-electron chi connectivity index (χ0n) is 28.7. The molecule has 0 fully saturated rings. The molecule has 4 aromatic carbocycles. The summed E-state index contributed by atoms with van der Waals surface area (Å²) >= 11 is -3.57. The van der Waals surface area contributed by atoms with Gasteiger partial charge in [0.2, 0.25) is 0 Å². The third-order valence-electron chi connectivity index (χ3n) is 9.32. The molecule has 0 nitrogen and oxygen atoms in total. The van der Waals surface area contributed by atoms with Crippen LogP contribution >= 0.6 is 24.8 Å². The molecule has 0 unspecified atom stereocenters. The van der Waals surface area contributed by atoms with E-state index < -0.39 is 44.7 Å². The zero-order valence-corrected chi connectivity index (χ0v) is 32.8. The summed E-state index contributed by atoms with van der Waals surface area (Å²) in [5.74, 6) is 0. The van der Waals surface area contributed by atoms with Gasteiger partial charge in [-0.3, -0.25) is 0 Å². The Kier molecular flexibility index (Phi) is 11.5. The summed E-state index contributed by atoms with van der Waals surface area (Å²) in [6.45, 7) is 13.0. The standard InChI is InChI=1S/C21H25.C15H8F6.C5H5.2ClH.Zr/c1-20(2,3)16-9-7-14-11-15-8-10-17(21(4,5)6)13-19(15)18(14)12-16;16-14(17,18)12-5-1-3-10(8-12)7-11-4-2-6-13(9-11)15(19,20)21;1-2-4-5-3-1;;;/h7,9-10,12-13H,11H2,1-6H3;1-6,8-9H;1-3H,4H2;2*1H;. The molecule has 6 rings (SSSR count). The minimum absolute atomic E-state index is 0. The van der Waals surface area contributed by atoms with Crippen molar-refractivity contribution in [1.29, 1.82) is 0 Å². The van der Waals surface area contributed by atoms with Gasteiger partial charge in [-0.2, -0.15) is 0 Å². The average molecular weight is 809 g/mol. The number of hydrogen-bond acceptors (Lipinski definition) is 0. The van der Waals surface area contributed by atoms with Crippen molar-refractivity contribution >= 4 is 31.3 Å². The van der Waals surface area contributed by atoms with Crippen LogP contribution in [0.15, 0.2) is 100 Å². The molecule has 0 N–H and O–H groups in total. The minimum atomic E-state index is -4.60. The van der Waals surface area contributed by atoms with E-state index in [-0.39, 0.29) is 35.6 Å². The summed E-state index contributed by atoms with van der Waals surface area (Å²) in [5, 5.41) is 0. The first-order valence-electron chi connectivity index (χ1n) is 16.1. The molecule has 0 bridgehead atoms. The minimum Gasteiger partial charge on any atom is -0.147 e. The van der Waals surface area contributed by atoms with Crippen molar-refractivity contribution in [1.82, 2.24) is 0 Å². The number of rotatable bonds is 4. The second kappa shape index (κ2) is 14.4. The molecular weight excluding hydrogens is 769 g/mol. The fourth-order valence-electron chi connectivity index (χ4n) is 6.66. The Morgan fingerprint density at radius 1 is 0.600 bits per heavy atom. The normalized spacial score (nSPS) is 14.0. The summed E-state index contributed by atoms with van der Waals surface area (Å²) in [4.78, 5) is 0. The molecule has 0 saturated heterocycles. The van der Waals surface area contributed by atoms with E-state index in [0.717, 1.165) is 53.1 Å². The van der Waals surface area contributed by atoms with Gasteiger partial charge in [-0.1, -0.05) is 0 Å². The molecule has 2 aliphatic rings. The monoisotopic (exact) mass is 806 g/mol. The van der Waals surface area contributed by atoms with Crippen molar-refractivity contribution in [2.24, 2.45) is 0 Å². The number of benzene rings is 4. The molecule has 0 radical (unpaired) electrons. The van der Waals surface area contributed by atoms with Gasteiger partial charge in [0.1, 0.15) is 0 Å². The molecular formula is C41H40Cl2F6Zr. The fourth-order valence-corrected chi connectivity index (χ4v) is 14.6. The van der Waals surface area contributed by atoms with Gasteiger partial charge in [0.15, 0.2) is 0 Å². The van der Waals surface area contributed by atoms with Crippen molar-refractivity contribution in [3.8, 4) is 11.1 Å². The second-order valence-corrected chi connectivity index (χ2v) is 20.8. The van der Waals surface area contributed by atoms with E-state index in [1.54, 1.807) is 12.1 Å². The first-order chi connectivity index (χ1) is 22.3. The van der Waals surface area contributed by atoms with E-state index in [9.17, 15) is 26.3 Å². The van der Waals surface area contributed by atoms with Crippen LogP contribution in [0.25, 0.3) is 11.1 Å². The quantitative estimate of drug-likeness (QED) is 0.159. The molecule has 2 aliphatic carbocycles. The van der Waals surface area contributed by atoms with Gasteiger partial charge in [-0.05, 0) is 0 Å². The van der Waals surface area contributed by atoms with E-state index >= 15 is 0 Å². The Labute approximate surface area is 310 Å². The molecule has 0 spiro atoms. The summed E-state index contributed by atoms with van der Waals surface area (Å²) in [7, 11) is 0. The van der Waals surface area contributed by atoms with Crippen molar-refractivity contribution in [2.45, 2.75) is 77.6 Å². The third-order valence-corrected chi connectivity index (χ3v) is 16.9. The Balaban J connectivity index is 0.00000281. The SMILES string of the molecule is CC(C)(C)c1ccc2c(c1)-c1cc(C(C)(C)C)c[c]([Zr]([C]3=CC=CC3)=[C](c3cccc(C(F)(F)F)c3)c3cccc(C(F)(F)F)c3)c1C2.Cl.Cl. The fraction of sp³-hybridized carbons (Fsp3) is 0.293. The molecule has 4 aromatic rings. The van der Waals surface area contributed by atoms with Crippen LogP contribution in [0.2, 0.25) is 0 Å². The summed E-state index contributed by atoms with van der Waals surface area (Å²) in [6.07, 6.45) is -1.89. The Morgan fingerprint density at radius 3 is 1.62 bits per heavy atom. The van der Waals surface area contributed by atoms with Crippen LogP contribution in [0.4, 0.5) is 26.3 Å². The van der Waals surface area contributed by atoms with E-state index in [1.165, 1.54) is 23.3 Å². The molecule has 0 aromatic heterocycles. The molecule has 0 amide bonds. The number of fused-ring (bicyclic) bond motifs is 3. The van der Waals surface area contributed by atoms with Gasteiger partial charge in [-0.25, -0.2) is 0 Å². The Morgan fingerprint density at radius 2 is 1.14 bits per heavy atom. The van der Waals surface area contributed by atoms with Crippen molar-refractivity contribution in [2.75, 3.05) is 0 Å². The number of halogens is 8. The largest absolute Gasteiger partial charge is 0.147 e. The topological polar surface area (TPSA) is 0 Å². The third kappa shape index (κ3) is 8.01. The van der Waals surface area contributed by atoms with Gasteiger partial charge in [0.25, 0.3) is 0 Å². The molecule has 0 heterocycles. The van der Waals surface area contributed by atoms with Crippen LogP contribution in [0.3, 0.4) is 0 Å². The van der Waals surface area contributed by atoms with Gasteiger partial charge in [0, 0.05) is 0 Å². The smallest absolute Gasteiger partial charge is 0.147 e. The van der Waals surface area contributed by atoms with Crippen molar-refractivity contribution < 1.29 is 47.6 Å². The molecule has 0 aliphatic heterocycles. The second-order valence-electron chi connectivity index (χ2n) is 14.8. The van der Waals surface area contributed by atoms with Crippen LogP contribution in [0.5, 0.6) is 0 Å².